The number of aromatic nitrogens is 1. The number of nitrogens with zero attached hydrogens (tertiary/aromatic N) is 1. The Hall–Kier alpha value is -0.890. The van der Waals surface area contributed by atoms with Crippen LogP contribution in [0.4, 0.5) is 0 Å². The van der Waals surface area contributed by atoms with Gasteiger partial charge in [-0.2, -0.15) is 0 Å². The molecule has 0 saturated carbocycles. The zero-order chi connectivity index (χ0) is 11.3. The van der Waals surface area contributed by atoms with Gasteiger partial charge in [-0.3, -0.25) is 4.98 Å². The summed E-state index contributed by atoms with van der Waals surface area (Å²) in [6.07, 6.45) is 1.20. The molecule has 1 aromatic rings. The molecule has 2 nitrogen and oxygen atoms in total. The second-order valence-corrected chi connectivity index (χ2v) is 4.89. The van der Waals surface area contributed by atoms with Gasteiger partial charge in [-0.25, -0.2) is 0 Å². The minimum atomic E-state index is 0.379. The molecule has 1 rings (SSSR count). The van der Waals surface area contributed by atoms with Gasteiger partial charge in [-0.1, -0.05) is 26.8 Å². The summed E-state index contributed by atoms with van der Waals surface area (Å²) in [7, 11) is 0. The summed E-state index contributed by atoms with van der Waals surface area (Å²) in [5.74, 6) is 0. The summed E-state index contributed by atoms with van der Waals surface area (Å²) in [6, 6.07) is 6.16. The van der Waals surface area contributed by atoms with E-state index in [2.05, 4.69) is 43.2 Å². The van der Waals surface area contributed by atoms with Crippen LogP contribution in [0.15, 0.2) is 18.2 Å². The number of nitrogens with one attached hydrogen (secondary N) is 1. The predicted molar refractivity (Wildman–Crippen MR) is 64.8 cm³/mol. The van der Waals surface area contributed by atoms with Crippen LogP contribution in [0.3, 0.4) is 0 Å². The fraction of sp³-hybridized carbons (Fsp3) is 0.615. The summed E-state index contributed by atoms with van der Waals surface area (Å²) in [5.41, 5.74) is 2.59. The molecule has 0 aromatic carbocycles. The highest BCUT2D eigenvalue weighted by Crippen LogP contribution is 2.17. The van der Waals surface area contributed by atoms with Crippen molar-refractivity contribution in [3.05, 3.63) is 29.6 Å². The van der Waals surface area contributed by atoms with E-state index in [0.717, 1.165) is 24.5 Å². The highest BCUT2D eigenvalue weighted by molar-refractivity contribution is 5.09. The lowest BCUT2D eigenvalue weighted by Gasteiger charge is -2.22. The minimum Gasteiger partial charge on any atom is -0.311 e. The third-order valence-corrected chi connectivity index (χ3v) is 2.81. The lowest BCUT2D eigenvalue weighted by molar-refractivity contribution is 0.327. The first-order valence-electron chi connectivity index (χ1n) is 5.67. The number of aryl methyl sites for hydroxylation is 1. The Morgan fingerprint density at radius 3 is 2.67 bits per heavy atom. The van der Waals surface area contributed by atoms with E-state index in [1.54, 1.807) is 0 Å². The largest absolute Gasteiger partial charge is 0.311 e. The van der Waals surface area contributed by atoms with Crippen LogP contribution in [-0.4, -0.2) is 11.5 Å². The number of hydrogen-bond acceptors (Lipinski definition) is 2. The molecular formula is C13H22N2. The van der Waals surface area contributed by atoms with Crippen molar-refractivity contribution in [3.8, 4) is 0 Å². The van der Waals surface area contributed by atoms with E-state index in [0.29, 0.717) is 5.41 Å². The number of hydrogen-bond donors (Lipinski definition) is 1. The van der Waals surface area contributed by atoms with Crippen LogP contribution in [0, 0.1) is 12.3 Å². The number of pyridine rings is 1. The van der Waals surface area contributed by atoms with Crippen molar-refractivity contribution in [3.63, 3.8) is 0 Å². The molecule has 0 radical (unpaired) electrons. The monoisotopic (exact) mass is 206 g/mol. The number of rotatable bonds is 5. The molecule has 1 aromatic heterocycles. The summed E-state index contributed by atoms with van der Waals surface area (Å²) in [5, 5.41) is 3.46. The SMILES string of the molecule is CCC(C)(C)CNCc1cccc(C)n1. The second kappa shape index (κ2) is 5.26. The van der Waals surface area contributed by atoms with Crippen LogP contribution < -0.4 is 5.32 Å². The molecule has 0 saturated heterocycles. The molecule has 0 atom stereocenters. The molecule has 2 heteroatoms. The van der Waals surface area contributed by atoms with Gasteiger partial charge in [0.15, 0.2) is 0 Å². The van der Waals surface area contributed by atoms with E-state index in [1.165, 1.54) is 6.42 Å². The topological polar surface area (TPSA) is 24.9 Å². The minimum absolute atomic E-state index is 0.379. The van der Waals surface area contributed by atoms with Crippen LogP contribution >= 0.6 is 0 Å². The molecular weight excluding hydrogens is 184 g/mol. The van der Waals surface area contributed by atoms with Crippen LogP contribution in [0.25, 0.3) is 0 Å². The zero-order valence-corrected chi connectivity index (χ0v) is 10.3. The average Bonchev–Trinajstić information content (AvgIpc) is 2.18. The molecule has 1 N–H and O–H groups in total. The quantitative estimate of drug-likeness (QED) is 0.801. The third-order valence-electron chi connectivity index (χ3n) is 2.81. The molecule has 1 heterocycles. The molecule has 0 amide bonds. The fourth-order valence-corrected chi connectivity index (χ4v) is 1.35. The maximum Gasteiger partial charge on any atom is 0.0544 e. The summed E-state index contributed by atoms with van der Waals surface area (Å²) in [6.45, 7) is 10.7. The Morgan fingerprint density at radius 2 is 2.07 bits per heavy atom. The van der Waals surface area contributed by atoms with Gasteiger partial charge in [0.2, 0.25) is 0 Å². The summed E-state index contributed by atoms with van der Waals surface area (Å²) >= 11 is 0. The van der Waals surface area contributed by atoms with Crippen molar-refractivity contribution in [1.82, 2.24) is 10.3 Å². The van der Waals surface area contributed by atoms with Gasteiger partial charge in [0, 0.05) is 18.8 Å². The Kier molecular flexibility index (Phi) is 4.28. The Labute approximate surface area is 93.1 Å². The van der Waals surface area contributed by atoms with E-state index in [9.17, 15) is 0 Å². The third kappa shape index (κ3) is 4.43. The van der Waals surface area contributed by atoms with Gasteiger partial charge in [0.1, 0.15) is 0 Å². The molecule has 84 valence electrons. The first-order chi connectivity index (χ1) is 7.03. The zero-order valence-electron chi connectivity index (χ0n) is 10.3. The highest BCUT2D eigenvalue weighted by atomic mass is 14.9. The van der Waals surface area contributed by atoms with Crippen LogP contribution in [0.2, 0.25) is 0 Å². The fourth-order valence-electron chi connectivity index (χ4n) is 1.35. The Balaban J connectivity index is 2.38. The molecule has 0 bridgehead atoms. The smallest absolute Gasteiger partial charge is 0.0544 e. The van der Waals surface area contributed by atoms with Crippen LogP contribution in [0.5, 0.6) is 0 Å². The first-order valence-corrected chi connectivity index (χ1v) is 5.67. The highest BCUT2D eigenvalue weighted by Gasteiger charge is 2.13. The van der Waals surface area contributed by atoms with E-state index < -0.39 is 0 Å². The van der Waals surface area contributed by atoms with Crippen molar-refractivity contribution in [1.29, 1.82) is 0 Å². The van der Waals surface area contributed by atoms with Crippen molar-refractivity contribution in [2.24, 2.45) is 5.41 Å². The summed E-state index contributed by atoms with van der Waals surface area (Å²) < 4.78 is 0. The van der Waals surface area contributed by atoms with Crippen molar-refractivity contribution in [2.75, 3.05) is 6.54 Å². The molecule has 0 fully saturated rings. The van der Waals surface area contributed by atoms with Crippen LogP contribution in [-0.2, 0) is 6.54 Å². The molecule has 0 aliphatic heterocycles. The Morgan fingerprint density at radius 1 is 1.33 bits per heavy atom. The first kappa shape index (κ1) is 12.2. The van der Waals surface area contributed by atoms with Gasteiger partial charge in [0.25, 0.3) is 0 Å². The van der Waals surface area contributed by atoms with Gasteiger partial charge in [-0.05, 0) is 30.9 Å². The molecule has 0 aliphatic carbocycles. The predicted octanol–water partition coefficient (Wildman–Crippen LogP) is 2.92. The Bertz CT molecular complexity index is 305. The van der Waals surface area contributed by atoms with Gasteiger partial charge < -0.3 is 5.32 Å². The molecule has 15 heavy (non-hydrogen) atoms. The lowest BCUT2D eigenvalue weighted by atomic mass is 9.90. The standard InChI is InChI=1S/C13H22N2/c1-5-13(3,4)10-14-9-12-8-6-7-11(2)15-12/h6-8,14H,5,9-10H2,1-4H3. The maximum absolute atomic E-state index is 4.46. The van der Waals surface area contributed by atoms with E-state index >= 15 is 0 Å². The molecule has 0 unspecified atom stereocenters. The summed E-state index contributed by atoms with van der Waals surface area (Å²) in [4.78, 5) is 4.46. The van der Waals surface area contributed by atoms with Crippen molar-refractivity contribution < 1.29 is 0 Å². The van der Waals surface area contributed by atoms with Crippen molar-refractivity contribution >= 4 is 0 Å². The van der Waals surface area contributed by atoms with Crippen molar-refractivity contribution in [2.45, 2.75) is 40.7 Å². The van der Waals surface area contributed by atoms with Crippen LogP contribution in [0.1, 0.15) is 38.6 Å². The van der Waals surface area contributed by atoms with E-state index in [4.69, 9.17) is 0 Å². The maximum atomic E-state index is 4.46. The average molecular weight is 206 g/mol. The lowest BCUT2D eigenvalue weighted by Crippen LogP contribution is -2.28. The normalized spacial score (nSPS) is 11.7. The molecule has 0 aliphatic rings. The molecule has 0 spiro atoms. The van der Waals surface area contributed by atoms with Gasteiger partial charge >= 0.3 is 0 Å². The van der Waals surface area contributed by atoms with E-state index in [-0.39, 0.29) is 0 Å². The second-order valence-electron chi connectivity index (χ2n) is 4.89. The van der Waals surface area contributed by atoms with Gasteiger partial charge in [-0.15, -0.1) is 0 Å². The van der Waals surface area contributed by atoms with E-state index in [1.807, 2.05) is 13.0 Å². The van der Waals surface area contributed by atoms with Gasteiger partial charge in [0.05, 0.1) is 5.69 Å².